The first-order chi connectivity index (χ1) is 9.72. The topological polar surface area (TPSA) is 95.7 Å². The Morgan fingerprint density at radius 3 is 2.35 bits per heavy atom. The van der Waals surface area contributed by atoms with E-state index >= 15 is 0 Å². The molecule has 0 aliphatic carbocycles. The van der Waals surface area contributed by atoms with Gasteiger partial charge in [-0.2, -0.15) is 15.5 Å². The normalized spacial score (nSPS) is 9.55. The second-order valence-electron chi connectivity index (χ2n) is 3.87. The molecule has 0 saturated heterocycles. The summed E-state index contributed by atoms with van der Waals surface area (Å²) in [6.45, 7) is 3.67. The van der Waals surface area contributed by atoms with Crippen LogP contribution in [0, 0.1) is 29.6 Å². The molecule has 2 rings (SSSR count). The lowest BCUT2D eigenvalue weighted by atomic mass is 9.96. The molecule has 0 aliphatic rings. The summed E-state index contributed by atoms with van der Waals surface area (Å²) < 4.78 is 5.24. The van der Waals surface area contributed by atoms with Crippen LogP contribution in [0.1, 0.15) is 11.1 Å². The van der Waals surface area contributed by atoms with Crippen LogP contribution >= 0.6 is 0 Å². The molecule has 0 fully saturated rings. The van der Waals surface area contributed by atoms with E-state index in [1.54, 1.807) is 12.1 Å². The van der Waals surface area contributed by atoms with Crippen LogP contribution in [0.5, 0.6) is 5.88 Å². The third-order valence-corrected chi connectivity index (χ3v) is 2.72. The summed E-state index contributed by atoms with van der Waals surface area (Å²) in [6, 6.07) is 13.1. The highest BCUT2D eigenvalue weighted by molar-refractivity contribution is 5.82. The average Bonchev–Trinajstić information content (AvgIpc) is 2.48. The van der Waals surface area contributed by atoms with Crippen LogP contribution < -0.4 is 10.5 Å². The first kappa shape index (κ1) is 13.4. The van der Waals surface area contributed by atoms with E-state index in [0.29, 0.717) is 11.1 Å². The van der Waals surface area contributed by atoms with Gasteiger partial charge in [0.2, 0.25) is 5.88 Å². The van der Waals surface area contributed by atoms with Crippen LogP contribution in [-0.2, 0) is 0 Å². The number of benzene rings is 1. The molecule has 0 amide bonds. The molecule has 5 heteroatoms. The maximum atomic E-state index is 9.36. The van der Waals surface area contributed by atoms with Crippen molar-refractivity contribution in [2.45, 2.75) is 0 Å². The van der Waals surface area contributed by atoms with Gasteiger partial charge in [-0.1, -0.05) is 30.3 Å². The van der Waals surface area contributed by atoms with Gasteiger partial charge in [0.15, 0.2) is 0 Å². The summed E-state index contributed by atoms with van der Waals surface area (Å²) in [4.78, 5) is 3.96. The molecule has 1 heterocycles. The van der Waals surface area contributed by atoms with Gasteiger partial charge in [0, 0.05) is 5.56 Å². The van der Waals surface area contributed by atoms with E-state index in [4.69, 9.17) is 10.5 Å². The lowest BCUT2D eigenvalue weighted by Gasteiger charge is -2.12. The Kier molecular flexibility index (Phi) is 3.83. The first-order valence-corrected chi connectivity index (χ1v) is 5.84. The van der Waals surface area contributed by atoms with E-state index < -0.39 is 0 Å². The second-order valence-corrected chi connectivity index (χ2v) is 3.87. The van der Waals surface area contributed by atoms with E-state index in [1.807, 2.05) is 30.3 Å². The number of nitrogen functional groups attached to an aromatic ring is 1. The highest BCUT2D eigenvalue weighted by atomic mass is 16.5. The number of hydrogen-bond donors (Lipinski definition) is 1. The molecule has 1 radical (unpaired) electrons. The standard InChI is InChI=1S/C15H11N4O/c1-2-20-15-12(9-17)13(10-6-4-3-5-7-10)11(8-16)14(18)19-15/h3-7H,1-2H2,(H2,18,19). The van der Waals surface area contributed by atoms with E-state index in [-0.39, 0.29) is 29.4 Å². The van der Waals surface area contributed by atoms with Crippen molar-refractivity contribution in [3.63, 3.8) is 0 Å². The minimum absolute atomic E-state index is 0.0359. The fraction of sp³-hybridized carbons (Fsp3) is 0.0667. The summed E-state index contributed by atoms with van der Waals surface area (Å²) in [5.41, 5.74) is 7.29. The van der Waals surface area contributed by atoms with Crippen LogP contribution in [0.25, 0.3) is 11.1 Å². The number of pyridine rings is 1. The molecule has 0 unspecified atom stereocenters. The Labute approximate surface area is 116 Å². The number of anilines is 1. The molecule has 2 aromatic rings. The number of aromatic nitrogens is 1. The summed E-state index contributed by atoms with van der Waals surface area (Å²) in [5.74, 6) is 0.131. The molecule has 0 bridgehead atoms. The molecular formula is C15H11N4O. The van der Waals surface area contributed by atoms with Crippen molar-refractivity contribution >= 4 is 5.82 Å². The highest BCUT2D eigenvalue weighted by Crippen LogP contribution is 2.34. The minimum atomic E-state index is 0.0359. The Balaban J connectivity index is 2.83. The quantitative estimate of drug-likeness (QED) is 0.916. The Morgan fingerprint density at radius 1 is 1.15 bits per heavy atom. The van der Waals surface area contributed by atoms with Crippen molar-refractivity contribution in [1.82, 2.24) is 4.98 Å². The van der Waals surface area contributed by atoms with Gasteiger partial charge in [0.05, 0.1) is 6.61 Å². The largest absolute Gasteiger partial charge is 0.477 e. The minimum Gasteiger partial charge on any atom is -0.477 e. The molecular weight excluding hydrogens is 252 g/mol. The second kappa shape index (κ2) is 5.73. The summed E-state index contributed by atoms with van der Waals surface area (Å²) in [7, 11) is 0. The molecule has 1 aromatic heterocycles. The maximum Gasteiger partial charge on any atom is 0.234 e. The fourth-order valence-corrected chi connectivity index (χ4v) is 1.89. The highest BCUT2D eigenvalue weighted by Gasteiger charge is 2.20. The van der Waals surface area contributed by atoms with E-state index in [9.17, 15) is 10.5 Å². The van der Waals surface area contributed by atoms with Crippen LogP contribution in [0.2, 0.25) is 0 Å². The van der Waals surface area contributed by atoms with Crippen molar-refractivity contribution in [2.75, 3.05) is 12.3 Å². The predicted molar refractivity (Wildman–Crippen MR) is 74.4 cm³/mol. The molecule has 5 nitrogen and oxygen atoms in total. The lowest BCUT2D eigenvalue weighted by Crippen LogP contribution is -2.06. The Morgan fingerprint density at radius 2 is 1.80 bits per heavy atom. The Hall–Kier alpha value is -3.05. The number of nitrogens with zero attached hydrogens (tertiary/aromatic N) is 3. The van der Waals surface area contributed by atoms with Crippen LogP contribution in [0.15, 0.2) is 30.3 Å². The third-order valence-electron chi connectivity index (χ3n) is 2.72. The SMILES string of the molecule is [CH2]COc1nc(N)c(C#N)c(-c2ccccc2)c1C#N. The zero-order valence-electron chi connectivity index (χ0n) is 10.6. The summed E-state index contributed by atoms with van der Waals surface area (Å²) >= 11 is 0. The maximum absolute atomic E-state index is 9.36. The zero-order valence-corrected chi connectivity index (χ0v) is 10.6. The van der Waals surface area contributed by atoms with Gasteiger partial charge in [-0.05, 0) is 12.5 Å². The van der Waals surface area contributed by atoms with E-state index in [2.05, 4.69) is 11.9 Å². The molecule has 0 saturated carbocycles. The number of rotatable bonds is 3. The number of nitrogens with two attached hydrogens (primary N) is 1. The van der Waals surface area contributed by atoms with Gasteiger partial charge in [-0.3, -0.25) is 0 Å². The van der Waals surface area contributed by atoms with Gasteiger partial charge in [-0.25, -0.2) is 0 Å². The van der Waals surface area contributed by atoms with Crippen LogP contribution in [0.4, 0.5) is 5.82 Å². The van der Waals surface area contributed by atoms with Crippen molar-refractivity contribution in [2.24, 2.45) is 0 Å². The van der Waals surface area contributed by atoms with Crippen molar-refractivity contribution in [3.05, 3.63) is 48.4 Å². The van der Waals surface area contributed by atoms with Crippen LogP contribution in [0.3, 0.4) is 0 Å². The number of ether oxygens (including phenoxy) is 1. The summed E-state index contributed by atoms with van der Waals surface area (Å²) in [5, 5.41) is 18.6. The molecule has 0 aliphatic heterocycles. The molecule has 20 heavy (non-hydrogen) atoms. The molecule has 2 N–H and O–H groups in total. The Bertz CT molecular complexity index is 711. The van der Waals surface area contributed by atoms with Crippen molar-refractivity contribution in [1.29, 1.82) is 10.5 Å². The molecule has 0 atom stereocenters. The van der Waals surface area contributed by atoms with Crippen LogP contribution in [-0.4, -0.2) is 11.6 Å². The predicted octanol–water partition coefficient (Wildman–Crippen LogP) is 2.29. The third kappa shape index (κ3) is 2.25. The molecule has 97 valence electrons. The van der Waals surface area contributed by atoms with Gasteiger partial charge in [0.25, 0.3) is 0 Å². The number of nitriles is 2. The number of hydrogen-bond acceptors (Lipinski definition) is 5. The zero-order chi connectivity index (χ0) is 14.5. The van der Waals surface area contributed by atoms with Gasteiger partial charge in [-0.15, -0.1) is 0 Å². The first-order valence-electron chi connectivity index (χ1n) is 5.84. The van der Waals surface area contributed by atoms with Crippen molar-refractivity contribution < 1.29 is 4.74 Å². The molecule has 1 aromatic carbocycles. The monoisotopic (exact) mass is 263 g/mol. The fourth-order valence-electron chi connectivity index (χ4n) is 1.89. The van der Waals surface area contributed by atoms with E-state index in [1.165, 1.54) is 0 Å². The average molecular weight is 263 g/mol. The molecule has 0 spiro atoms. The summed E-state index contributed by atoms with van der Waals surface area (Å²) in [6.07, 6.45) is 0. The smallest absolute Gasteiger partial charge is 0.234 e. The van der Waals surface area contributed by atoms with Gasteiger partial charge in [0.1, 0.15) is 29.1 Å². The van der Waals surface area contributed by atoms with Gasteiger partial charge >= 0.3 is 0 Å². The van der Waals surface area contributed by atoms with Crippen molar-refractivity contribution in [3.8, 4) is 29.1 Å². The van der Waals surface area contributed by atoms with Gasteiger partial charge < -0.3 is 10.5 Å². The van der Waals surface area contributed by atoms with E-state index in [0.717, 1.165) is 0 Å². The lowest BCUT2D eigenvalue weighted by molar-refractivity contribution is 0.346.